The SMILES string of the molecule is O=S(=O)(CCc1ccccc1)Nc1ccc(-c2ccccc2)cn1. The zero-order chi connectivity index (χ0) is 16.8. The van der Waals surface area contributed by atoms with E-state index in [2.05, 4.69) is 9.71 Å². The van der Waals surface area contributed by atoms with E-state index in [0.29, 0.717) is 12.2 Å². The quantitative estimate of drug-likeness (QED) is 0.745. The van der Waals surface area contributed by atoms with Gasteiger partial charge in [0.05, 0.1) is 5.75 Å². The molecule has 3 rings (SSSR count). The molecule has 0 aliphatic heterocycles. The zero-order valence-corrected chi connectivity index (χ0v) is 13.9. The average molecular weight is 338 g/mol. The molecule has 122 valence electrons. The van der Waals surface area contributed by atoms with Gasteiger partial charge in [0, 0.05) is 11.8 Å². The lowest BCUT2D eigenvalue weighted by molar-refractivity contribution is 0.600. The third-order valence-corrected chi connectivity index (χ3v) is 4.89. The monoisotopic (exact) mass is 338 g/mol. The molecule has 0 radical (unpaired) electrons. The van der Waals surface area contributed by atoms with Crippen LogP contribution in [0.5, 0.6) is 0 Å². The van der Waals surface area contributed by atoms with Gasteiger partial charge in [-0.3, -0.25) is 4.72 Å². The first-order valence-electron chi connectivity index (χ1n) is 7.68. The number of aromatic nitrogens is 1. The van der Waals surface area contributed by atoms with Crippen molar-refractivity contribution in [3.63, 3.8) is 0 Å². The second-order valence-corrected chi connectivity index (χ2v) is 7.30. The van der Waals surface area contributed by atoms with E-state index >= 15 is 0 Å². The van der Waals surface area contributed by atoms with Crippen molar-refractivity contribution in [3.05, 3.63) is 84.6 Å². The maximum Gasteiger partial charge on any atom is 0.234 e. The van der Waals surface area contributed by atoms with Gasteiger partial charge in [0.15, 0.2) is 0 Å². The molecule has 0 spiro atoms. The van der Waals surface area contributed by atoms with Crippen molar-refractivity contribution in [2.75, 3.05) is 10.5 Å². The zero-order valence-electron chi connectivity index (χ0n) is 13.1. The standard InChI is InChI=1S/C19H18N2O2S/c22-24(23,14-13-16-7-3-1-4-8-16)21-19-12-11-18(15-20-19)17-9-5-2-6-10-17/h1-12,15H,13-14H2,(H,20,21). The summed E-state index contributed by atoms with van der Waals surface area (Å²) in [5.41, 5.74) is 2.99. The summed E-state index contributed by atoms with van der Waals surface area (Å²) < 4.78 is 26.9. The van der Waals surface area contributed by atoms with Crippen LogP contribution in [0.15, 0.2) is 79.0 Å². The van der Waals surface area contributed by atoms with Crippen LogP contribution >= 0.6 is 0 Å². The number of nitrogens with zero attached hydrogens (tertiary/aromatic N) is 1. The minimum atomic E-state index is -3.42. The summed E-state index contributed by atoms with van der Waals surface area (Å²) in [6, 6.07) is 22.9. The number of benzene rings is 2. The van der Waals surface area contributed by atoms with E-state index in [4.69, 9.17) is 0 Å². The van der Waals surface area contributed by atoms with Crippen molar-refractivity contribution < 1.29 is 8.42 Å². The van der Waals surface area contributed by atoms with Gasteiger partial charge in [-0.25, -0.2) is 13.4 Å². The Morgan fingerprint density at radius 3 is 2.08 bits per heavy atom. The first-order chi connectivity index (χ1) is 11.6. The van der Waals surface area contributed by atoms with Gasteiger partial charge >= 0.3 is 0 Å². The third-order valence-electron chi connectivity index (χ3n) is 3.63. The predicted molar refractivity (Wildman–Crippen MR) is 97.2 cm³/mol. The number of rotatable bonds is 6. The number of sulfonamides is 1. The van der Waals surface area contributed by atoms with Crippen LogP contribution in [0.1, 0.15) is 5.56 Å². The van der Waals surface area contributed by atoms with Crippen LogP contribution in [0, 0.1) is 0 Å². The number of aryl methyl sites for hydroxylation is 1. The fraction of sp³-hybridized carbons (Fsp3) is 0.105. The Morgan fingerprint density at radius 1 is 0.792 bits per heavy atom. The topological polar surface area (TPSA) is 59.1 Å². The molecule has 0 aliphatic rings. The van der Waals surface area contributed by atoms with Gasteiger partial charge in [0.2, 0.25) is 10.0 Å². The molecule has 0 bridgehead atoms. The highest BCUT2D eigenvalue weighted by Gasteiger charge is 2.11. The van der Waals surface area contributed by atoms with Gasteiger partial charge < -0.3 is 0 Å². The van der Waals surface area contributed by atoms with E-state index in [1.54, 1.807) is 12.3 Å². The van der Waals surface area contributed by atoms with Crippen LogP contribution in [-0.2, 0) is 16.4 Å². The molecule has 24 heavy (non-hydrogen) atoms. The van der Waals surface area contributed by atoms with Gasteiger partial charge in [-0.2, -0.15) is 0 Å². The maximum atomic E-state index is 12.2. The molecule has 4 nitrogen and oxygen atoms in total. The highest BCUT2D eigenvalue weighted by atomic mass is 32.2. The maximum absolute atomic E-state index is 12.2. The van der Waals surface area contributed by atoms with E-state index in [0.717, 1.165) is 16.7 Å². The lowest BCUT2D eigenvalue weighted by Gasteiger charge is -2.08. The Hall–Kier alpha value is -2.66. The van der Waals surface area contributed by atoms with Crippen molar-refractivity contribution in [1.29, 1.82) is 0 Å². The van der Waals surface area contributed by atoms with Gasteiger partial charge in [0.25, 0.3) is 0 Å². The first-order valence-corrected chi connectivity index (χ1v) is 9.33. The molecule has 0 amide bonds. The molecule has 3 aromatic rings. The number of nitrogens with one attached hydrogen (secondary N) is 1. The van der Waals surface area contributed by atoms with Crippen LogP contribution in [0.2, 0.25) is 0 Å². The van der Waals surface area contributed by atoms with Crippen LogP contribution in [0.25, 0.3) is 11.1 Å². The van der Waals surface area contributed by atoms with E-state index < -0.39 is 10.0 Å². The van der Waals surface area contributed by atoms with Gasteiger partial charge in [-0.15, -0.1) is 0 Å². The van der Waals surface area contributed by atoms with Crippen molar-refractivity contribution in [1.82, 2.24) is 4.98 Å². The summed E-state index contributed by atoms with van der Waals surface area (Å²) >= 11 is 0. The molecule has 1 N–H and O–H groups in total. The minimum absolute atomic E-state index is 0.0269. The second-order valence-electron chi connectivity index (χ2n) is 5.45. The van der Waals surface area contributed by atoms with Crippen molar-refractivity contribution >= 4 is 15.8 Å². The van der Waals surface area contributed by atoms with Crippen LogP contribution in [0.3, 0.4) is 0 Å². The molecule has 0 aliphatic carbocycles. The normalized spacial score (nSPS) is 11.2. The smallest absolute Gasteiger partial charge is 0.234 e. The molecule has 0 saturated heterocycles. The van der Waals surface area contributed by atoms with Gasteiger partial charge in [-0.1, -0.05) is 60.7 Å². The molecular weight excluding hydrogens is 320 g/mol. The highest BCUT2D eigenvalue weighted by Crippen LogP contribution is 2.19. The fourth-order valence-electron chi connectivity index (χ4n) is 2.36. The van der Waals surface area contributed by atoms with Crippen LogP contribution < -0.4 is 4.72 Å². The lowest BCUT2D eigenvalue weighted by Crippen LogP contribution is -2.18. The molecule has 0 fully saturated rings. The number of pyridine rings is 1. The fourth-order valence-corrected chi connectivity index (χ4v) is 3.41. The Labute approximate surface area is 142 Å². The van der Waals surface area contributed by atoms with E-state index in [9.17, 15) is 8.42 Å². The largest absolute Gasteiger partial charge is 0.267 e. The summed E-state index contributed by atoms with van der Waals surface area (Å²) in [5, 5.41) is 0. The summed E-state index contributed by atoms with van der Waals surface area (Å²) in [6.07, 6.45) is 2.14. The molecule has 0 saturated carbocycles. The van der Waals surface area contributed by atoms with E-state index in [1.807, 2.05) is 66.7 Å². The number of hydrogen-bond acceptors (Lipinski definition) is 3. The molecule has 5 heteroatoms. The molecule has 0 unspecified atom stereocenters. The number of hydrogen-bond donors (Lipinski definition) is 1. The molecule has 0 atom stereocenters. The van der Waals surface area contributed by atoms with E-state index in [-0.39, 0.29) is 5.75 Å². The molecule has 2 aromatic carbocycles. The Kier molecular flexibility index (Phi) is 4.91. The van der Waals surface area contributed by atoms with Crippen molar-refractivity contribution in [2.24, 2.45) is 0 Å². The summed E-state index contributed by atoms with van der Waals surface area (Å²) in [7, 11) is -3.42. The van der Waals surface area contributed by atoms with E-state index in [1.165, 1.54) is 0 Å². The molecular formula is C19H18N2O2S. The Balaban J connectivity index is 1.64. The second kappa shape index (κ2) is 7.27. The highest BCUT2D eigenvalue weighted by molar-refractivity contribution is 7.92. The van der Waals surface area contributed by atoms with Crippen molar-refractivity contribution in [3.8, 4) is 11.1 Å². The minimum Gasteiger partial charge on any atom is -0.267 e. The van der Waals surface area contributed by atoms with Crippen LogP contribution in [-0.4, -0.2) is 19.2 Å². The summed E-state index contributed by atoms with van der Waals surface area (Å²) in [5.74, 6) is 0.363. The summed E-state index contributed by atoms with van der Waals surface area (Å²) in [4.78, 5) is 4.20. The number of anilines is 1. The molecule has 1 aromatic heterocycles. The van der Waals surface area contributed by atoms with Crippen molar-refractivity contribution in [2.45, 2.75) is 6.42 Å². The predicted octanol–water partition coefficient (Wildman–Crippen LogP) is 3.73. The summed E-state index contributed by atoms with van der Waals surface area (Å²) in [6.45, 7) is 0. The average Bonchev–Trinajstić information content (AvgIpc) is 2.62. The first kappa shape index (κ1) is 16.2. The Bertz CT molecular complexity index is 878. The lowest BCUT2D eigenvalue weighted by atomic mass is 10.1. The Morgan fingerprint density at radius 2 is 1.46 bits per heavy atom. The van der Waals surface area contributed by atoms with Crippen LogP contribution in [0.4, 0.5) is 5.82 Å². The molecule has 1 heterocycles. The van der Waals surface area contributed by atoms with Gasteiger partial charge in [-0.05, 0) is 29.7 Å². The third kappa shape index (κ3) is 4.43. The van der Waals surface area contributed by atoms with Gasteiger partial charge in [0.1, 0.15) is 5.82 Å².